The molecule has 1 fully saturated rings. The monoisotopic (exact) mass is 440 g/mol. The Labute approximate surface area is 182 Å². The van der Waals surface area contributed by atoms with E-state index in [0.717, 1.165) is 29.7 Å². The molecule has 1 aliphatic rings. The number of imidazole rings is 1. The number of hydrogen-bond donors (Lipinski definition) is 2. The maximum Gasteiger partial charge on any atom is 0.253 e. The Morgan fingerprint density at radius 2 is 1.84 bits per heavy atom. The molecule has 8 heteroatoms. The summed E-state index contributed by atoms with van der Waals surface area (Å²) in [5, 5.41) is 0. The quantitative estimate of drug-likeness (QED) is 0.647. The van der Waals surface area contributed by atoms with Gasteiger partial charge in [-0.1, -0.05) is 12.1 Å². The molecule has 3 aromatic rings. The number of piperidine rings is 1. The molecule has 31 heavy (non-hydrogen) atoms. The average molecular weight is 441 g/mol. The lowest BCUT2D eigenvalue weighted by molar-refractivity contribution is 0.0705. The number of para-hydroxylation sites is 2. The number of aromatic amines is 1. The molecule has 7 nitrogen and oxygen atoms in total. The van der Waals surface area contributed by atoms with E-state index in [1.54, 1.807) is 32.9 Å². The minimum atomic E-state index is -3.63. The zero-order chi connectivity index (χ0) is 22.2. The number of carbonyl (C=O) groups is 1. The van der Waals surface area contributed by atoms with Crippen LogP contribution in [0.1, 0.15) is 55.7 Å². The van der Waals surface area contributed by atoms with E-state index in [4.69, 9.17) is 4.98 Å². The normalized spacial score (nSPS) is 17.8. The van der Waals surface area contributed by atoms with E-state index in [2.05, 4.69) is 9.71 Å². The Morgan fingerprint density at radius 3 is 2.52 bits per heavy atom. The van der Waals surface area contributed by atoms with E-state index in [-0.39, 0.29) is 16.7 Å². The number of nitrogens with zero attached hydrogens (tertiary/aromatic N) is 2. The van der Waals surface area contributed by atoms with Crippen molar-refractivity contribution in [2.24, 2.45) is 0 Å². The summed E-state index contributed by atoms with van der Waals surface area (Å²) < 4.78 is 27.6. The largest absolute Gasteiger partial charge is 0.342 e. The molecule has 2 N–H and O–H groups in total. The van der Waals surface area contributed by atoms with Crippen LogP contribution in [0.25, 0.3) is 11.0 Å². The van der Waals surface area contributed by atoms with Crippen molar-refractivity contribution < 1.29 is 13.2 Å². The molecule has 1 saturated heterocycles. The molecule has 1 amide bonds. The number of likely N-dealkylation sites (tertiary alicyclic amines) is 1. The number of amides is 1. The number of rotatable bonds is 4. The van der Waals surface area contributed by atoms with Gasteiger partial charge in [0, 0.05) is 30.1 Å². The molecule has 1 aliphatic heterocycles. The van der Waals surface area contributed by atoms with Gasteiger partial charge in [0.2, 0.25) is 10.0 Å². The highest BCUT2D eigenvalue weighted by Crippen LogP contribution is 2.28. The van der Waals surface area contributed by atoms with E-state index in [1.165, 1.54) is 12.1 Å². The lowest BCUT2D eigenvalue weighted by Crippen LogP contribution is -2.40. The van der Waals surface area contributed by atoms with Gasteiger partial charge in [-0.15, -0.1) is 0 Å². The Hall–Kier alpha value is -2.71. The Bertz CT molecular complexity index is 1160. The predicted molar refractivity (Wildman–Crippen MR) is 120 cm³/mol. The first-order chi connectivity index (χ1) is 14.6. The second-order valence-corrected chi connectivity index (χ2v) is 10.8. The van der Waals surface area contributed by atoms with Gasteiger partial charge in [-0.3, -0.25) is 4.79 Å². The van der Waals surface area contributed by atoms with Gasteiger partial charge in [0.15, 0.2) is 0 Å². The Morgan fingerprint density at radius 1 is 1.13 bits per heavy atom. The van der Waals surface area contributed by atoms with Gasteiger partial charge in [-0.2, -0.15) is 0 Å². The van der Waals surface area contributed by atoms with Crippen molar-refractivity contribution >= 4 is 27.0 Å². The summed E-state index contributed by atoms with van der Waals surface area (Å²) in [7, 11) is -3.63. The molecule has 0 radical (unpaired) electrons. The van der Waals surface area contributed by atoms with Gasteiger partial charge in [0.25, 0.3) is 5.91 Å². The third kappa shape index (κ3) is 4.80. The van der Waals surface area contributed by atoms with Crippen molar-refractivity contribution in [1.29, 1.82) is 0 Å². The van der Waals surface area contributed by atoms with Gasteiger partial charge < -0.3 is 9.88 Å². The number of carbonyl (C=O) groups excluding carboxylic acids is 1. The van der Waals surface area contributed by atoms with Crippen LogP contribution in [-0.4, -0.2) is 47.8 Å². The number of hydrogen-bond acceptors (Lipinski definition) is 4. The Kier molecular flexibility index (Phi) is 5.61. The van der Waals surface area contributed by atoms with E-state index >= 15 is 0 Å². The fraction of sp³-hybridized carbons (Fsp3) is 0.391. The summed E-state index contributed by atoms with van der Waals surface area (Å²) in [6, 6.07) is 14.1. The van der Waals surface area contributed by atoms with E-state index < -0.39 is 15.6 Å². The van der Waals surface area contributed by atoms with Crippen LogP contribution in [0, 0.1) is 0 Å². The third-order valence-electron chi connectivity index (χ3n) is 5.36. The number of H-pyrrole nitrogens is 1. The van der Waals surface area contributed by atoms with Crippen molar-refractivity contribution in [1.82, 2.24) is 19.6 Å². The number of nitrogens with one attached hydrogen (secondary N) is 2. The van der Waals surface area contributed by atoms with E-state index in [1.807, 2.05) is 29.2 Å². The minimum Gasteiger partial charge on any atom is -0.342 e. The van der Waals surface area contributed by atoms with Crippen LogP contribution in [0.15, 0.2) is 53.4 Å². The minimum absolute atomic E-state index is 0.0893. The summed E-state index contributed by atoms with van der Waals surface area (Å²) in [6.45, 7) is 6.64. The number of benzene rings is 2. The molecule has 1 atom stereocenters. The second-order valence-electron chi connectivity index (χ2n) is 9.11. The molecule has 0 bridgehead atoms. The highest BCUT2D eigenvalue weighted by molar-refractivity contribution is 7.89. The van der Waals surface area contributed by atoms with E-state index in [9.17, 15) is 13.2 Å². The van der Waals surface area contributed by atoms with Crippen LogP contribution in [0.4, 0.5) is 0 Å². The third-order valence-corrected chi connectivity index (χ3v) is 7.13. The first kappa shape index (κ1) is 21.5. The fourth-order valence-electron chi connectivity index (χ4n) is 3.97. The van der Waals surface area contributed by atoms with Crippen molar-refractivity contribution in [2.45, 2.75) is 50.0 Å². The number of aromatic nitrogens is 2. The molecule has 0 spiro atoms. The summed E-state index contributed by atoms with van der Waals surface area (Å²) in [6.07, 6.45) is 1.87. The maximum absolute atomic E-state index is 13.1. The van der Waals surface area contributed by atoms with Crippen molar-refractivity contribution in [3.05, 3.63) is 59.9 Å². The molecule has 164 valence electrons. The summed E-state index contributed by atoms with van der Waals surface area (Å²) >= 11 is 0. The molecule has 0 aliphatic carbocycles. The molecule has 2 aromatic carbocycles. The van der Waals surface area contributed by atoms with Gasteiger partial charge in [-0.05, 0) is 70.0 Å². The van der Waals surface area contributed by atoms with Crippen molar-refractivity contribution in [2.75, 3.05) is 13.1 Å². The van der Waals surface area contributed by atoms with Crippen LogP contribution in [0.2, 0.25) is 0 Å². The molecule has 0 saturated carbocycles. The smallest absolute Gasteiger partial charge is 0.253 e. The summed E-state index contributed by atoms with van der Waals surface area (Å²) in [5.74, 6) is 0.975. The molecular formula is C23H28N4O3S. The van der Waals surface area contributed by atoms with Gasteiger partial charge in [0.1, 0.15) is 5.82 Å². The lowest BCUT2D eigenvalue weighted by Gasteiger charge is -2.32. The maximum atomic E-state index is 13.1. The molecule has 2 heterocycles. The topological polar surface area (TPSA) is 95.2 Å². The van der Waals surface area contributed by atoms with Crippen molar-refractivity contribution in [3.63, 3.8) is 0 Å². The summed E-state index contributed by atoms with van der Waals surface area (Å²) in [4.78, 5) is 23.1. The highest BCUT2D eigenvalue weighted by atomic mass is 32.2. The lowest BCUT2D eigenvalue weighted by atomic mass is 9.96. The molecule has 4 rings (SSSR count). The van der Waals surface area contributed by atoms with Crippen molar-refractivity contribution in [3.8, 4) is 0 Å². The van der Waals surface area contributed by atoms with Gasteiger partial charge >= 0.3 is 0 Å². The van der Waals surface area contributed by atoms with Gasteiger partial charge in [0.05, 0.1) is 15.9 Å². The first-order valence-corrected chi connectivity index (χ1v) is 12.0. The average Bonchev–Trinajstić information content (AvgIpc) is 3.16. The SMILES string of the molecule is CC(C)(C)NS(=O)(=O)c1ccc(C(=O)N2CCCC(c3nc4ccccc4[nH]3)C2)cc1. The molecular weight excluding hydrogens is 412 g/mol. The van der Waals surface area contributed by atoms with Crippen LogP contribution < -0.4 is 4.72 Å². The van der Waals surface area contributed by atoms with Gasteiger partial charge in [-0.25, -0.2) is 18.1 Å². The second kappa shape index (κ2) is 8.09. The number of sulfonamides is 1. The van der Waals surface area contributed by atoms with Crippen LogP contribution in [0.5, 0.6) is 0 Å². The van der Waals surface area contributed by atoms with Crippen LogP contribution in [0.3, 0.4) is 0 Å². The molecule has 1 unspecified atom stereocenters. The highest BCUT2D eigenvalue weighted by Gasteiger charge is 2.28. The number of fused-ring (bicyclic) bond motifs is 1. The zero-order valence-corrected chi connectivity index (χ0v) is 18.9. The van der Waals surface area contributed by atoms with Crippen LogP contribution >= 0.6 is 0 Å². The summed E-state index contributed by atoms with van der Waals surface area (Å²) in [5.41, 5.74) is 1.84. The Balaban J connectivity index is 1.48. The standard InChI is InChI=1S/C23H28N4O3S/c1-23(2,3)26-31(29,30)18-12-10-16(11-13-18)22(28)27-14-6-7-17(15-27)21-24-19-8-4-5-9-20(19)25-21/h4-5,8-13,17,26H,6-7,14-15H2,1-3H3,(H,24,25). The van der Waals surface area contributed by atoms with Crippen LogP contribution in [-0.2, 0) is 10.0 Å². The first-order valence-electron chi connectivity index (χ1n) is 10.5. The predicted octanol–water partition coefficient (Wildman–Crippen LogP) is 3.66. The molecule has 1 aromatic heterocycles. The fourth-order valence-corrected chi connectivity index (χ4v) is 5.39. The zero-order valence-electron chi connectivity index (χ0n) is 18.1. The van der Waals surface area contributed by atoms with E-state index in [0.29, 0.717) is 18.7 Å².